The Morgan fingerprint density at radius 3 is 2.23 bits per heavy atom. The minimum absolute atomic E-state index is 0.0851. The largest absolute Gasteiger partial charge is 0.466 e. The number of anilines is 1. The molecule has 196 valence electrons. The fourth-order valence-corrected chi connectivity index (χ4v) is 3.58. The van der Waals surface area contributed by atoms with E-state index in [1.54, 1.807) is 0 Å². The molecule has 10 heteroatoms. The monoisotopic (exact) mass is 491 g/mol. The summed E-state index contributed by atoms with van der Waals surface area (Å²) in [5.41, 5.74) is 6.65. The zero-order valence-corrected chi connectivity index (χ0v) is 21.2. The molecule has 2 rings (SSSR count). The fourth-order valence-electron chi connectivity index (χ4n) is 3.58. The van der Waals surface area contributed by atoms with Crippen LogP contribution in [0.3, 0.4) is 0 Å². The summed E-state index contributed by atoms with van der Waals surface area (Å²) in [6, 6.07) is 0. The third kappa shape index (κ3) is 11.0. The number of hydrogen-bond donors (Lipinski definition) is 1. The molecule has 0 saturated heterocycles. The Morgan fingerprint density at radius 1 is 0.886 bits per heavy atom. The first-order valence-electron chi connectivity index (χ1n) is 13.0. The first-order chi connectivity index (χ1) is 17.0. The van der Waals surface area contributed by atoms with Crippen LogP contribution in [0.15, 0.2) is 12.5 Å². The second-order valence-electron chi connectivity index (χ2n) is 8.66. The standard InChI is InChI=1S/C25H41N5O5/c1-3-5-7-9-11-14-21(31)33-16-13-17-34-25(35-22(32)15-12-10-8-6-4-2)30-19-28-20-18-27-24(26)29-23(20)30/h18-19,25H,3-17H2,1-2H3,(H2,26,27,29). The van der Waals surface area contributed by atoms with Crippen LogP contribution in [0.1, 0.15) is 104 Å². The van der Waals surface area contributed by atoms with Crippen molar-refractivity contribution in [3.8, 4) is 0 Å². The Morgan fingerprint density at radius 2 is 1.54 bits per heavy atom. The number of carbonyl (C=O) groups is 2. The van der Waals surface area contributed by atoms with Gasteiger partial charge in [-0.25, -0.2) is 9.97 Å². The summed E-state index contributed by atoms with van der Waals surface area (Å²) >= 11 is 0. The van der Waals surface area contributed by atoms with Crippen LogP contribution in [0.25, 0.3) is 11.2 Å². The van der Waals surface area contributed by atoms with E-state index in [1.165, 1.54) is 29.9 Å². The molecule has 2 aromatic heterocycles. The highest BCUT2D eigenvalue weighted by Gasteiger charge is 2.20. The number of fused-ring (bicyclic) bond motifs is 1. The second kappa shape index (κ2) is 16.8. The molecule has 0 spiro atoms. The van der Waals surface area contributed by atoms with Crippen molar-refractivity contribution < 1.29 is 23.8 Å². The van der Waals surface area contributed by atoms with Crippen molar-refractivity contribution in [2.75, 3.05) is 18.9 Å². The highest BCUT2D eigenvalue weighted by molar-refractivity contribution is 5.72. The number of nitrogen functional groups attached to an aromatic ring is 1. The zero-order valence-electron chi connectivity index (χ0n) is 21.2. The molecule has 0 aliphatic heterocycles. The van der Waals surface area contributed by atoms with E-state index in [-0.39, 0.29) is 31.1 Å². The van der Waals surface area contributed by atoms with E-state index >= 15 is 0 Å². The summed E-state index contributed by atoms with van der Waals surface area (Å²) in [7, 11) is 0. The van der Waals surface area contributed by atoms with Gasteiger partial charge in [-0.1, -0.05) is 65.2 Å². The molecule has 10 nitrogen and oxygen atoms in total. The zero-order chi connectivity index (χ0) is 25.3. The van der Waals surface area contributed by atoms with Crippen molar-refractivity contribution in [2.45, 2.75) is 104 Å². The Balaban J connectivity index is 1.84. The van der Waals surface area contributed by atoms with Gasteiger partial charge in [0.15, 0.2) is 5.65 Å². The number of nitrogens with zero attached hydrogens (tertiary/aromatic N) is 4. The van der Waals surface area contributed by atoms with Gasteiger partial charge < -0.3 is 19.9 Å². The maximum absolute atomic E-state index is 12.5. The number of esters is 2. The lowest BCUT2D eigenvalue weighted by molar-refractivity contribution is -0.202. The van der Waals surface area contributed by atoms with Crippen LogP contribution >= 0.6 is 0 Å². The van der Waals surface area contributed by atoms with Gasteiger partial charge in [-0.15, -0.1) is 0 Å². The van der Waals surface area contributed by atoms with Crippen LogP contribution in [0.2, 0.25) is 0 Å². The van der Waals surface area contributed by atoms with Crippen molar-refractivity contribution in [2.24, 2.45) is 0 Å². The van der Waals surface area contributed by atoms with E-state index < -0.39 is 6.41 Å². The first-order valence-corrected chi connectivity index (χ1v) is 13.0. The van der Waals surface area contributed by atoms with Crippen molar-refractivity contribution in [3.63, 3.8) is 0 Å². The molecule has 1 unspecified atom stereocenters. The summed E-state index contributed by atoms with van der Waals surface area (Å²) in [4.78, 5) is 36.7. The van der Waals surface area contributed by atoms with Gasteiger partial charge in [0, 0.05) is 19.3 Å². The Kier molecular flexibility index (Phi) is 13.7. The summed E-state index contributed by atoms with van der Waals surface area (Å²) in [6.07, 6.45) is 13.7. The number of imidazole rings is 1. The first kappa shape index (κ1) is 28.5. The normalized spacial score (nSPS) is 12.1. The van der Waals surface area contributed by atoms with Gasteiger partial charge in [0.05, 0.1) is 19.4 Å². The quantitative estimate of drug-likeness (QED) is 0.162. The molecule has 1 atom stereocenters. The summed E-state index contributed by atoms with van der Waals surface area (Å²) in [5, 5.41) is 0. The van der Waals surface area contributed by atoms with Gasteiger partial charge in [0.25, 0.3) is 6.41 Å². The molecule has 2 N–H and O–H groups in total. The van der Waals surface area contributed by atoms with Crippen LogP contribution in [0.4, 0.5) is 5.95 Å². The van der Waals surface area contributed by atoms with Gasteiger partial charge in [-0.05, 0) is 12.8 Å². The summed E-state index contributed by atoms with van der Waals surface area (Å²) < 4.78 is 18.3. The van der Waals surface area contributed by atoms with Gasteiger partial charge in [-0.2, -0.15) is 4.98 Å². The number of nitrogens with two attached hydrogens (primary N) is 1. The van der Waals surface area contributed by atoms with Crippen molar-refractivity contribution in [1.82, 2.24) is 19.5 Å². The molecular weight excluding hydrogens is 450 g/mol. The van der Waals surface area contributed by atoms with Crippen LogP contribution in [-0.4, -0.2) is 44.7 Å². The Bertz CT molecular complexity index is 888. The van der Waals surface area contributed by atoms with Gasteiger partial charge in [0.2, 0.25) is 5.95 Å². The summed E-state index contributed by atoms with van der Waals surface area (Å²) in [5.74, 6) is -0.466. The van der Waals surface area contributed by atoms with E-state index in [0.29, 0.717) is 30.4 Å². The molecular formula is C25H41N5O5. The van der Waals surface area contributed by atoms with Crippen molar-refractivity contribution in [1.29, 1.82) is 0 Å². The smallest absolute Gasteiger partial charge is 0.309 e. The minimum Gasteiger partial charge on any atom is -0.466 e. The molecule has 0 amide bonds. The fraction of sp³-hybridized carbons (Fsp3) is 0.720. The molecule has 0 aromatic carbocycles. The number of ether oxygens (including phenoxy) is 3. The molecule has 0 fully saturated rings. The molecule has 2 aromatic rings. The lowest BCUT2D eigenvalue weighted by atomic mass is 10.1. The van der Waals surface area contributed by atoms with Gasteiger partial charge in [-0.3, -0.25) is 14.2 Å². The number of aromatic nitrogens is 4. The predicted octanol–water partition coefficient (Wildman–Crippen LogP) is 5.08. The molecule has 0 bridgehead atoms. The van der Waals surface area contributed by atoms with E-state index in [1.807, 2.05) is 0 Å². The summed E-state index contributed by atoms with van der Waals surface area (Å²) in [6.45, 7) is 4.77. The highest BCUT2D eigenvalue weighted by atomic mass is 16.7. The SMILES string of the molecule is CCCCCCCC(=O)OCCCOC(OC(=O)CCCCCCC)n1cnc2cnc(N)nc21. The third-order valence-corrected chi connectivity index (χ3v) is 5.57. The van der Waals surface area contributed by atoms with E-state index in [2.05, 4.69) is 28.8 Å². The lowest BCUT2D eigenvalue weighted by Crippen LogP contribution is -2.21. The average Bonchev–Trinajstić information content (AvgIpc) is 3.25. The Labute approximate surface area is 207 Å². The average molecular weight is 492 g/mol. The number of unbranched alkanes of at least 4 members (excludes halogenated alkanes) is 8. The minimum atomic E-state index is -1.05. The van der Waals surface area contributed by atoms with Crippen molar-refractivity contribution in [3.05, 3.63) is 12.5 Å². The Hall–Kier alpha value is -2.75. The van der Waals surface area contributed by atoms with Crippen LogP contribution in [0.5, 0.6) is 0 Å². The van der Waals surface area contributed by atoms with Gasteiger partial charge >= 0.3 is 11.9 Å². The number of carbonyl (C=O) groups excluding carboxylic acids is 2. The van der Waals surface area contributed by atoms with Crippen LogP contribution in [0, 0.1) is 0 Å². The van der Waals surface area contributed by atoms with E-state index in [9.17, 15) is 9.59 Å². The third-order valence-electron chi connectivity index (χ3n) is 5.57. The van der Waals surface area contributed by atoms with E-state index in [4.69, 9.17) is 19.9 Å². The maximum Gasteiger partial charge on any atom is 0.309 e. The van der Waals surface area contributed by atoms with Gasteiger partial charge in [0.1, 0.15) is 11.8 Å². The number of rotatable bonds is 19. The molecule has 0 radical (unpaired) electrons. The van der Waals surface area contributed by atoms with E-state index in [0.717, 1.165) is 51.4 Å². The number of hydrogen-bond acceptors (Lipinski definition) is 9. The van der Waals surface area contributed by atoms with Crippen molar-refractivity contribution >= 4 is 29.1 Å². The predicted molar refractivity (Wildman–Crippen MR) is 133 cm³/mol. The lowest BCUT2D eigenvalue weighted by Gasteiger charge is -2.20. The highest BCUT2D eigenvalue weighted by Crippen LogP contribution is 2.20. The van der Waals surface area contributed by atoms with Crippen LogP contribution < -0.4 is 5.73 Å². The molecule has 0 aliphatic carbocycles. The second-order valence-corrected chi connectivity index (χ2v) is 8.66. The topological polar surface area (TPSA) is 131 Å². The molecule has 0 saturated carbocycles. The molecule has 35 heavy (non-hydrogen) atoms. The maximum atomic E-state index is 12.5. The van der Waals surface area contributed by atoms with Crippen LogP contribution in [-0.2, 0) is 23.8 Å². The molecule has 0 aliphatic rings. The molecule has 2 heterocycles.